The Kier molecular flexibility index (Phi) is 19.9. The van der Waals surface area contributed by atoms with Gasteiger partial charge < -0.3 is 39.8 Å². The lowest BCUT2D eigenvalue weighted by molar-refractivity contribution is -0.163. The molecule has 0 aliphatic heterocycles. The molecular formula is C49H65F4N9O10. The average Bonchev–Trinajstić information content (AvgIpc) is 3.74. The van der Waals surface area contributed by atoms with Crippen LogP contribution in [0.15, 0.2) is 60.9 Å². The van der Waals surface area contributed by atoms with E-state index in [0.29, 0.717) is 10.5 Å². The lowest BCUT2D eigenvalue weighted by Gasteiger charge is -2.36. The molecule has 2 aromatic heterocycles. The van der Waals surface area contributed by atoms with E-state index in [9.17, 15) is 46.3 Å². The molecular weight excluding hydrogens is 951 g/mol. The summed E-state index contributed by atoms with van der Waals surface area (Å²) in [6.45, 7) is 12.7. The largest absolute Gasteiger partial charge is 0.491 e. The molecule has 0 spiro atoms. The van der Waals surface area contributed by atoms with Crippen LogP contribution in [0, 0.1) is 11.7 Å². The second-order valence-electron chi connectivity index (χ2n) is 19.5. The number of esters is 1. The van der Waals surface area contributed by atoms with Gasteiger partial charge in [-0.1, -0.05) is 44.2 Å². The number of rotatable bonds is 22. The normalized spacial score (nSPS) is 13.6. The summed E-state index contributed by atoms with van der Waals surface area (Å²) in [5.74, 6) is -5.90. The summed E-state index contributed by atoms with van der Waals surface area (Å²) in [7, 11) is 3.75. The molecule has 2 heterocycles. The highest BCUT2D eigenvalue weighted by Crippen LogP contribution is 2.30. The van der Waals surface area contributed by atoms with Crippen LogP contribution in [0.25, 0.3) is 10.9 Å². The summed E-state index contributed by atoms with van der Waals surface area (Å²) in [4.78, 5) is 89.9. The monoisotopic (exact) mass is 1020 g/mol. The van der Waals surface area contributed by atoms with Crippen molar-refractivity contribution in [1.29, 1.82) is 0 Å². The summed E-state index contributed by atoms with van der Waals surface area (Å²) >= 11 is 0. The lowest BCUT2D eigenvalue weighted by Crippen LogP contribution is -2.57. The molecule has 0 saturated carbocycles. The van der Waals surface area contributed by atoms with Crippen LogP contribution in [0.1, 0.15) is 90.6 Å². The van der Waals surface area contributed by atoms with Gasteiger partial charge in [-0.15, -0.1) is 5.10 Å². The zero-order valence-electron chi connectivity index (χ0n) is 42.4. The first-order chi connectivity index (χ1) is 33.5. The molecule has 0 saturated heterocycles. The predicted molar refractivity (Wildman–Crippen MR) is 255 cm³/mol. The second-order valence-corrected chi connectivity index (χ2v) is 19.5. The molecule has 72 heavy (non-hydrogen) atoms. The van der Waals surface area contributed by atoms with E-state index in [1.54, 1.807) is 85.7 Å². The Morgan fingerprint density at radius 1 is 0.833 bits per heavy atom. The summed E-state index contributed by atoms with van der Waals surface area (Å²) in [5, 5.41) is 15.8. The number of aromatic nitrogens is 4. The maximum atomic E-state index is 14.9. The van der Waals surface area contributed by atoms with Crippen molar-refractivity contribution in [3.63, 3.8) is 0 Å². The number of nitrogens with zero attached hydrogens (tertiary/aromatic N) is 6. The number of alkyl halides is 3. The number of pyridine rings is 1. The highest BCUT2D eigenvalue weighted by molar-refractivity contribution is 6.10. The Morgan fingerprint density at radius 2 is 1.50 bits per heavy atom. The van der Waals surface area contributed by atoms with E-state index in [1.165, 1.54) is 37.3 Å². The van der Waals surface area contributed by atoms with Gasteiger partial charge in [-0.2, -0.15) is 23.1 Å². The summed E-state index contributed by atoms with van der Waals surface area (Å²) in [5.41, 5.74) is -1.54. The van der Waals surface area contributed by atoms with Gasteiger partial charge in [0.25, 0.3) is 11.8 Å². The second kappa shape index (κ2) is 24.9. The number of likely N-dealkylation sites (N-methyl/N-ethyl adjacent to an activating group) is 2. The topological polar surface area (TPSA) is 226 Å². The quantitative estimate of drug-likeness (QED) is 0.0627. The van der Waals surface area contributed by atoms with Crippen LogP contribution < -0.4 is 25.4 Å². The Hall–Kier alpha value is -7.07. The van der Waals surface area contributed by atoms with Crippen LogP contribution in [0.2, 0.25) is 0 Å². The van der Waals surface area contributed by atoms with Crippen LogP contribution in [-0.4, -0.2) is 141 Å². The van der Waals surface area contributed by atoms with E-state index in [-0.39, 0.29) is 59.9 Å². The molecule has 19 nitrogen and oxygen atoms in total. The molecule has 0 fully saturated rings. The smallest absolute Gasteiger partial charge is 0.410 e. The van der Waals surface area contributed by atoms with E-state index in [0.717, 1.165) is 24.2 Å². The molecule has 0 aliphatic carbocycles. The molecule has 394 valence electrons. The minimum absolute atomic E-state index is 0.0249. The number of methoxy groups -OCH3 is 1. The molecule has 4 rings (SSSR count). The fourth-order valence-electron chi connectivity index (χ4n) is 7.27. The fraction of sp³-hybridized carbons (Fsp3) is 0.531. The Balaban J connectivity index is 1.70. The van der Waals surface area contributed by atoms with E-state index in [2.05, 4.69) is 31.1 Å². The third kappa shape index (κ3) is 18.0. The van der Waals surface area contributed by atoms with Crippen LogP contribution >= 0.6 is 0 Å². The molecule has 0 aliphatic rings. The molecule has 2 aromatic carbocycles. The van der Waals surface area contributed by atoms with E-state index in [1.807, 2.05) is 0 Å². The standard InChI is InChI=1S/C49H65F4N9O10/c1-29(2)21-36(61(10)46(68)72-48(6,7)8)45(67)60(9)37(25-49(51,52)53)43(65)57-32(22-30-15-13-12-14-16-30)28-70-38-18-17-34-33(23-31(50)26-55-34)41(38)44(66)58-35(24-40(63)71-47(3,4)5)42(64)54-19-20-62-56-27-39(59-62)69-11/h12-18,23,26-27,29,32,35-37H,19-22,24-25,28H2,1-11H3,(H,54,64)(H,57,65)(H,58,66)/t32-,35+,36+,37-/m1/s1. The number of hydrogen-bond donors (Lipinski definition) is 3. The number of benzene rings is 2. The van der Waals surface area contributed by atoms with Gasteiger partial charge in [0.2, 0.25) is 17.7 Å². The zero-order valence-corrected chi connectivity index (χ0v) is 42.4. The molecule has 0 radical (unpaired) electrons. The number of hydrogen-bond acceptors (Lipinski definition) is 13. The van der Waals surface area contributed by atoms with Crippen LogP contribution in [0.4, 0.5) is 22.4 Å². The number of fused-ring (bicyclic) bond motifs is 1. The Morgan fingerprint density at radius 3 is 2.10 bits per heavy atom. The maximum Gasteiger partial charge on any atom is 0.410 e. The highest BCUT2D eigenvalue weighted by atomic mass is 19.4. The van der Waals surface area contributed by atoms with Crippen LogP contribution in [-0.2, 0) is 41.6 Å². The highest BCUT2D eigenvalue weighted by Gasteiger charge is 2.43. The van der Waals surface area contributed by atoms with Crippen molar-refractivity contribution >= 4 is 46.6 Å². The Bertz CT molecular complexity index is 2510. The van der Waals surface area contributed by atoms with Crippen molar-refractivity contribution in [2.75, 3.05) is 34.4 Å². The predicted octanol–water partition coefficient (Wildman–Crippen LogP) is 5.79. The summed E-state index contributed by atoms with van der Waals surface area (Å²) in [6, 6.07) is 6.10. The first-order valence-corrected chi connectivity index (χ1v) is 23.1. The zero-order chi connectivity index (χ0) is 53.7. The van der Waals surface area contributed by atoms with E-state index < -0.39 is 103 Å². The van der Waals surface area contributed by atoms with Crippen molar-refractivity contribution in [3.05, 3.63) is 77.9 Å². The number of ether oxygens (including phenoxy) is 4. The van der Waals surface area contributed by atoms with Crippen LogP contribution in [0.5, 0.6) is 11.6 Å². The van der Waals surface area contributed by atoms with Crippen LogP contribution in [0.3, 0.4) is 0 Å². The van der Waals surface area contributed by atoms with Gasteiger partial charge in [-0.05, 0) is 84.1 Å². The number of halogens is 4. The molecule has 0 bridgehead atoms. The van der Waals surface area contributed by atoms with E-state index >= 15 is 0 Å². The number of amides is 5. The van der Waals surface area contributed by atoms with Crippen molar-refractivity contribution in [3.8, 4) is 11.6 Å². The summed E-state index contributed by atoms with van der Waals surface area (Å²) < 4.78 is 80.2. The SMILES string of the molecule is COc1cnn(CCNC(=O)[C@H](CC(=O)OC(C)(C)C)NC(=O)c2c(OC[C@@H](Cc3ccccc3)NC(=O)[C@@H](CC(F)(F)F)N(C)C(=O)[C@H](CC(C)C)N(C)C(=O)OC(C)(C)C)ccc3ncc(F)cc23)n1. The molecule has 23 heteroatoms. The molecule has 4 atom stereocenters. The maximum absolute atomic E-state index is 14.9. The van der Waals surface area contributed by atoms with Gasteiger partial charge in [-0.25, -0.2) is 9.18 Å². The van der Waals surface area contributed by atoms with Crippen molar-refractivity contribution in [1.82, 2.24) is 45.7 Å². The number of carbonyl (C=O) groups excluding carboxylic acids is 6. The molecule has 0 unspecified atom stereocenters. The first kappa shape index (κ1) is 57.5. The van der Waals surface area contributed by atoms with Gasteiger partial charge in [0.15, 0.2) is 0 Å². The van der Waals surface area contributed by atoms with Gasteiger partial charge in [0.05, 0.1) is 49.8 Å². The van der Waals surface area contributed by atoms with Crippen molar-refractivity contribution in [2.24, 2.45) is 5.92 Å². The minimum Gasteiger partial charge on any atom is -0.491 e. The Labute approximate surface area is 415 Å². The average molecular weight is 1020 g/mol. The summed E-state index contributed by atoms with van der Waals surface area (Å²) in [6.07, 6.45) is -5.99. The number of carbonyl (C=O) groups is 6. The van der Waals surface area contributed by atoms with Gasteiger partial charge >= 0.3 is 18.2 Å². The molecule has 5 amide bonds. The number of nitrogens with one attached hydrogen (secondary N) is 3. The third-order valence-electron chi connectivity index (χ3n) is 10.6. The van der Waals surface area contributed by atoms with Crippen molar-refractivity contribution in [2.45, 2.75) is 129 Å². The third-order valence-corrected chi connectivity index (χ3v) is 10.6. The van der Waals surface area contributed by atoms with E-state index in [4.69, 9.17) is 18.9 Å². The molecule has 3 N–H and O–H groups in total. The van der Waals surface area contributed by atoms with Gasteiger partial charge in [-0.3, -0.25) is 33.9 Å². The lowest BCUT2D eigenvalue weighted by atomic mass is 10.00. The molecule has 4 aromatic rings. The van der Waals surface area contributed by atoms with Gasteiger partial charge in [0, 0.05) is 26.0 Å². The fourth-order valence-corrected chi connectivity index (χ4v) is 7.27. The van der Waals surface area contributed by atoms with Gasteiger partial charge in [0.1, 0.15) is 53.7 Å². The van der Waals surface area contributed by atoms with Crippen molar-refractivity contribution < 1.29 is 65.3 Å². The first-order valence-electron chi connectivity index (χ1n) is 23.1. The minimum atomic E-state index is -4.95.